The molecule has 0 heterocycles. The van der Waals surface area contributed by atoms with Crippen molar-refractivity contribution < 1.29 is 9.53 Å². The lowest BCUT2D eigenvalue weighted by Crippen LogP contribution is -2.08. The first-order chi connectivity index (χ1) is 11.7. The van der Waals surface area contributed by atoms with E-state index in [9.17, 15) is 4.79 Å². The van der Waals surface area contributed by atoms with Crippen LogP contribution in [0.2, 0.25) is 0 Å². The average molecular weight is 377 g/mol. The smallest absolute Gasteiger partial charge is 0.343 e. The Balaban J connectivity index is 1.93. The summed E-state index contributed by atoms with van der Waals surface area (Å²) in [5.74, 6) is 0.242. The highest BCUT2D eigenvalue weighted by molar-refractivity contribution is 9.10. The molecule has 0 N–H and O–H groups in total. The monoisotopic (exact) mass is 376 g/mol. The first-order valence-electron chi connectivity index (χ1n) is 7.60. The zero-order chi connectivity index (χ0) is 16.5. The van der Waals surface area contributed by atoms with Crippen molar-refractivity contribution in [2.75, 3.05) is 0 Å². The summed E-state index contributed by atoms with van der Waals surface area (Å²) in [7, 11) is 0. The Bertz CT molecular complexity index is 1060. The van der Waals surface area contributed by atoms with Gasteiger partial charge in [-0.1, -0.05) is 64.5 Å². The molecule has 0 atom stereocenters. The molecule has 116 valence electrons. The van der Waals surface area contributed by atoms with Crippen LogP contribution < -0.4 is 4.74 Å². The molecule has 0 saturated carbocycles. The molecule has 3 heteroatoms. The maximum absolute atomic E-state index is 12.6. The third-order valence-electron chi connectivity index (χ3n) is 3.98. The van der Waals surface area contributed by atoms with E-state index in [0.717, 1.165) is 26.0 Å². The van der Waals surface area contributed by atoms with Crippen LogP contribution in [-0.2, 0) is 0 Å². The second-order valence-corrected chi connectivity index (χ2v) is 6.46. The van der Waals surface area contributed by atoms with Crippen molar-refractivity contribution in [1.82, 2.24) is 0 Å². The lowest BCUT2D eigenvalue weighted by Gasteiger charge is -2.12. The molecule has 2 nitrogen and oxygen atoms in total. The molecule has 24 heavy (non-hydrogen) atoms. The molecule has 4 rings (SSSR count). The van der Waals surface area contributed by atoms with Gasteiger partial charge >= 0.3 is 5.97 Å². The molecule has 0 radical (unpaired) electrons. The summed E-state index contributed by atoms with van der Waals surface area (Å²) in [5, 5.41) is 3.91. The van der Waals surface area contributed by atoms with E-state index >= 15 is 0 Å². The van der Waals surface area contributed by atoms with Gasteiger partial charge < -0.3 is 4.74 Å². The average Bonchev–Trinajstić information content (AvgIpc) is 2.62. The standard InChI is InChI=1S/C21H13BrO2/c22-17-11-10-16-12-15-8-4-5-9-18(15)20(19(16)13-17)24-21(23)14-6-2-1-3-7-14/h1-13H. The zero-order valence-electron chi connectivity index (χ0n) is 12.7. The molecule has 0 saturated heterocycles. The second kappa shape index (κ2) is 6.10. The van der Waals surface area contributed by atoms with Gasteiger partial charge in [-0.05, 0) is 41.1 Å². The number of ether oxygens (including phenoxy) is 1. The van der Waals surface area contributed by atoms with Crippen LogP contribution in [0.3, 0.4) is 0 Å². The third-order valence-corrected chi connectivity index (χ3v) is 4.47. The van der Waals surface area contributed by atoms with Crippen molar-refractivity contribution in [1.29, 1.82) is 0 Å². The fourth-order valence-electron chi connectivity index (χ4n) is 2.83. The lowest BCUT2D eigenvalue weighted by molar-refractivity contribution is 0.0739. The Kier molecular flexibility index (Phi) is 3.79. The molecule has 0 spiro atoms. The van der Waals surface area contributed by atoms with Gasteiger partial charge in [-0.3, -0.25) is 0 Å². The quantitative estimate of drug-likeness (QED) is 0.244. The number of hydrogen-bond acceptors (Lipinski definition) is 2. The number of esters is 1. The summed E-state index contributed by atoms with van der Waals surface area (Å²) < 4.78 is 6.77. The number of benzene rings is 4. The fourth-order valence-corrected chi connectivity index (χ4v) is 3.19. The summed E-state index contributed by atoms with van der Waals surface area (Å²) in [4.78, 5) is 12.6. The van der Waals surface area contributed by atoms with Gasteiger partial charge in [-0.15, -0.1) is 0 Å². The number of rotatable bonds is 2. The van der Waals surface area contributed by atoms with Crippen LogP contribution in [0.1, 0.15) is 10.4 Å². The molecule has 0 aliphatic carbocycles. The maximum Gasteiger partial charge on any atom is 0.343 e. The highest BCUT2D eigenvalue weighted by Crippen LogP contribution is 2.36. The summed E-state index contributed by atoms with van der Waals surface area (Å²) in [6.07, 6.45) is 0. The van der Waals surface area contributed by atoms with E-state index in [-0.39, 0.29) is 5.97 Å². The number of hydrogen-bond donors (Lipinski definition) is 0. The van der Waals surface area contributed by atoms with Crippen LogP contribution in [0.25, 0.3) is 21.5 Å². The topological polar surface area (TPSA) is 26.3 Å². The van der Waals surface area contributed by atoms with E-state index in [1.54, 1.807) is 12.1 Å². The lowest BCUT2D eigenvalue weighted by atomic mass is 10.0. The second-order valence-electron chi connectivity index (χ2n) is 5.55. The van der Waals surface area contributed by atoms with Crippen LogP contribution in [-0.4, -0.2) is 5.97 Å². The molecule has 0 aliphatic heterocycles. The van der Waals surface area contributed by atoms with Gasteiger partial charge in [-0.2, -0.15) is 0 Å². The van der Waals surface area contributed by atoms with E-state index < -0.39 is 0 Å². The Morgan fingerprint density at radius 3 is 2.29 bits per heavy atom. The third kappa shape index (κ3) is 2.68. The molecule has 0 aromatic heterocycles. The van der Waals surface area contributed by atoms with Crippen LogP contribution in [0.15, 0.2) is 83.3 Å². The molecule has 0 fully saturated rings. The molecule has 0 unspecified atom stereocenters. The molecule has 4 aromatic rings. The van der Waals surface area contributed by atoms with Crippen molar-refractivity contribution in [3.63, 3.8) is 0 Å². The maximum atomic E-state index is 12.6. The Morgan fingerprint density at radius 2 is 1.46 bits per heavy atom. The number of carbonyl (C=O) groups excluding carboxylic acids is 1. The Hall–Kier alpha value is -2.65. The van der Waals surface area contributed by atoms with Crippen molar-refractivity contribution >= 4 is 43.4 Å². The van der Waals surface area contributed by atoms with Crippen molar-refractivity contribution in [3.8, 4) is 5.75 Å². The molecular weight excluding hydrogens is 364 g/mol. The van der Waals surface area contributed by atoms with Gasteiger partial charge in [0.2, 0.25) is 0 Å². The van der Waals surface area contributed by atoms with Crippen molar-refractivity contribution in [2.45, 2.75) is 0 Å². The van der Waals surface area contributed by atoms with E-state index in [1.807, 2.05) is 60.7 Å². The van der Waals surface area contributed by atoms with Crippen LogP contribution >= 0.6 is 15.9 Å². The predicted molar refractivity (Wildman–Crippen MR) is 101 cm³/mol. The van der Waals surface area contributed by atoms with Crippen molar-refractivity contribution in [3.05, 3.63) is 88.9 Å². The van der Waals surface area contributed by atoms with Crippen LogP contribution in [0, 0.1) is 0 Å². The zero-order valence-corrected chi connectivity index (χ0v) is 14.3. The summed E-state index contributed by atoms with van der Waals surface area (Å²) in [5.41, 5.74) is 0.536. The SMILES string of the molecule is O=C(Oc1c2ccccc2cc2ccc(Br)cc12)c1ccccc1. The molecule has 0 aliphatic rings. The molecular formula is C21H13BrO2. The summed E-state index contributed by atoms with van der Waals surface area (Å²) >= 11 is 3.50. The molecule has 0 amide bonds. The van der Waals surface area contributed by atoms with Gasteiger partial charge in [0.1, 0.15) is 5.75 Å². The van der Waals surface area contributed by atoms with Crippen LogP contribution in [0.4, 0.5) is 0 Å². The minimum absolute atomic E-state index is 0.353. The minimum atomic E-state index is -0.353. The first kappa shape index (κ1) is 14.9. The van der Waals surface area contributed by atoms with Crippen LogP contribution in [0.5, 0.6) is 5.75 Å². The fraction of sp³-hybridized carbons (Fsp3) is 0. The summed E-state index contributed by atoms with van der Waals surface area (Å²) in [6, 6.07) is 25.1. The van der Waals surface area contributed by atoms with E-state index in [4.69, 9.17) is 4.74 Å². The van der Waals surface area contributed by atoms with Gasteiger partial charge in [-0.25, -0.2) is 4.79 Å². The number of halogens is 1. The highest BCUT2D eigenvalue weighted by Gasteiger charge is 2.14. The molecule has 4 aromatic carbocycles. The first-order valence-corrected chi connectivity index (χ1v) is 8.40. The Labute approximate surface area is 147 Å². The minimum Gasteiger partial charge on any atom is -0.422 e. The Morgan fingerprint density at radius 1 is 0.750 bits per heavy atom. The predicted octanol–water partition coefficient (Wildman–Crippen LogP) is 5.97. The number of carbonyl (C=O) groups is 1. The van der Waals surface area contributed by atoms with Gasteiger partial charge in [0.15, 0.2) is 0 Å². The van der Waals surface area contributed by atoms with E-state index in [1.165, 1.54) is 0 Å². The van der Waals surface area contributed by atoms with Gasteiger partial charge in [0.05, 0.1) is 5.56 Å². The van der Waals surface area contributed by atoms with E-state index in [0.29, 0.717) is 11.3 Å². The molecule has 0 bridgehead atoms. The van der Waals surface area contributed by atoms with Crippen molar-refractivity contribution in [2.24, 2.45) is 0 Å². The summed E-state index contributed by atoms with van der Waals surface area (Å²) in [6.45, 7) is 0. The van der Waals surface area contributed by atoms with Gasteiger partial charge in [0.25, 0.3) is 0 Å². The highest BCUT2D eigenvalue weighted by atomic mass is 79.9. The number of fused-ring (bicyclic) bond motifs is 2. The normalized spacial score (nSPS) is 10.9. The van der Waals surface area contributed by atoms with E-state index in [2.05, 4.69) is 22.0 Å². The van der Waals surface area contributed by atoms with Gasteiger partial charge in [0, 0.05) is 15.2 Å². The largest absolute Gasteiger partial charge is 0.422 e.